The minimum absolute atomic E-state index is 0.661. The highest BCUT2D eigenvalue weighted by Crippen LogP contribution is 2.27. The molecule has 3 nitrogen and oxygen atoms in total. The van der Waals surface area contributed by atoms with Gasteiger partial charge in [-0.3, -0.25) is 9.58 Å². The zero-order valence-electron chi connectivity index (χ0n) is 12.3. The number of aromatic nitrogens is 2. The maximum Gasteiger partial charge on any atom is 0.0764 e. The minimum Gasteiger partial charge on any atom is -0.297 e. The summed E-state index contributed by atoms with van der Waals surface area (Å²) in [6.07, 6.45) is 11.7. The molecule has 2 fully saturated rings. The van der Waals surface area contributed by atoms with Gasteiger partial charge in [-0.05, 0) is 44.2 Å². The Kier molecular flexibility index (Phi) is 5.16. The summed E-state index contributed by atoms with van der Waals surface area (Å²) in [7, 11) is 0. The molecule has 1 aromatic heterocycles. The van der Waals surface area contributed by atoms with E-state index in [9.17, 15) is 0 Å². The van der Waals surface area contributed by atoms with Gasteiger partial charge >= 0.3 is 0 Å². The summed E-state index contributed by atoms with van der Waals surface area (Å²) in [5.41, 5.74) is 1.26. The molecule has 1 unspecified atom stereocenters. The lowest BCUT2D eigenvalue weighted by Gasteiger charge is -2.31. The lowest BCUT2D eigenvalue weighted by molar-refractivity contribution is 0.176. The van der Waals surface area contributed by atoms with Gasteiger partial charge in [0.1, 0.15) is 0 Å². The Morgan fingerprint density at radius 1 is 1.15 bits per heavy atom. The summed E-state index contributed by atoms with van der Waals surface area (Å²) in [6.45, 7) is 3.49. The summed E-state index contributed by atoms with van der Waals surface area (Å²) in [6, 6.07) is 2.89. The van der Waals surface area contributed by atoms with Crippen LogP contribution in [0.25, 0.3) is 0 Å². The third-order valence-electron chi connectivity index (χ3n) is 4.82. The Morgan fingerprint density at radius 3 is 2.80 bits per heavy atom. The van der Waals surface area contributed by atoms with Crippen LogP contribution in [0.5, 0.6) is 0 Å². The van der Waals surface area contributed by atoms with Crippen molar-refractivity contribution in [3.63, 3.8) is 0 Å². The maximum absolute atomic E-state index is 4.84. The summed E-state index contributed by atoms with van der Waals surface area (Å²) >= 11 is 3.63. The number of rotatable bonds is 4. The summed E-state index contributed by atoms with van der Waals surface area (Å²) in [5, 5.41) is 5.98. The molecule has 0 spiro atoms. The van der Waals surface area contributed by atoms with Crippen LogP contribution in [0.4, 0.5) is 0 Å². The molecule has 4 heteroatoms. The number of hydrogen-bond donors (Lipinski definition) is 0. The number of nitrogens with zero attached hydrogens (tertiary/aromatic N) is 3. The monoisotopic (exact) mass is 339 g/mol. The first-order valence-corrected chi connectivity index (χ1v) is 9.29. The van der Waals surface area contributed by atoms with Gasteiger partial charge in [0.15, 0.2) is 0 Å². The van der Waals surface area contributed by atoms with Crippen molar-refractivity contribution in [1.29, 1.82) is 0 Å². The molecule has 0 amide bonds. The van der Waals surface area contributed by atoms with Crippen LogP contribution in [-0.4, -0.2) is 33.1 Å². The predicted octanol–water partition coefficient (Wildman–Crippen LogP) is 4.00. The van der Waals surface area contributed by atoms with Gasteiger partial charge in [-0.15, -0.1) is 0 Å². The van der Waals surface area contributed by atoms with Crippen LogP contribution in [0.1, 0.15) is 56.7 Å². The minimum atomic E-state index is 0.661. The van der Waals surface area contributed by atoms with Crippen molar-refractivity contribution >= 4 is 15.9 Å². The van der Waals surface area contributed by atoms with E-state index < -0.39 is 0 Å². The van der Waals surface area contributed by atoms with Crippen molar-refractivity contribution in [2.45, 2.75) is 57.5 Å². The van der Waals surface area contributed by atoms with Crippen LogP contribution in [0, 0.1) is 5.92 Å². The van der Waals surface area contributed by atoms with E-state index in [0.29, 0.717) is 6.04 Å². The van der Waals surface area contributed by atoms with Crippen LogP contribution in [0.2, 0.25) is 0 Å². The molecule has 20 heavy (non-hydrogen) atoms. The molecule has 1 aliphatic carbocycles. The molecule has 1 saturated carbocycles. The van der Waals surface area contributed by atoms with Crippen LogP contribution < -0.4 is 0 Å². The van der Waals surface area contributed by atoms with E-state index in [1.165, 1.54) is 63.7 Å². The number of alkyl halides is 1. The van der Waals surface area contributed by atoms with Gasteiger partial charge in [0.05, 0.1) is 11.7 Å². The first-order valence-electron chi connectivity index (χ1n) is 8.17. The van der Waals surface area contributed by atoms with Crippen molar-refractivity contribution in [3.8, 4) is 0 Å². The largest absolute Gasteiger partial charge is 0.297 e. The average molecular weight is 340 g/mol. The number of halogens is 1. The maximum atomic E-state index is 4.84. The average Bonchev–Trinajstić information content (AvgIpc) is 2.97. The van der Waals surface area contributed by atoms with Crippen LogP contribution in [0.15, 0.2) is 12.3 Å². The standard InChI is InChI=1S/C16H26BrN3/c17-11-14-5-4-9-19(12-14)13-15-8-10-20(18-15)16-6-2-1-3-7-16/h8,10,14,16H,1-7,9,11-13H2. The fourth-order valence-electron chi connectivity index (χ4n) is 3.66. The Balaban J connectivity index is 1.56. The van der Waals surface area contributed by atoms with E-state index in [2.05, 4.69) is 37.8 Å². The second kappa shape index (κ2) is 7.08. The quantitative estimate of drug-likeness (QED) is 0.773. The van der Waals surface area contributed by atoms with Gasteiger partial charge in [0.25, 0.3) is 0 Å². The zero-order valence-corrected chi connectivity index (χ0v) is 13.9. The molecule has 1 saturated heterocycles. The molecule has 0 bridgehead atoms. The van der Waals surface area contributed by atoms with Crippen molar-refractivity contribution < 1.29 is 0 Å². The van der Waals surface area contributed by atoms with Gasteiger partial charge in [-0.25, -0.2) is 0 Å². The summed E-state index contributed by atoms with van der Waals surface area (Å²) in [5.74, 6) is 0.823. The third kappa shape index (κ3) is 3.64. The van der Waals surface area contributed by atoms with Gasteiger partial charge in [0.2, 0.25) is 0 Å². The van der Waals surface area contributed by atoms with E-state index in [1.54, 1.807) is 0 Å². The van der Waals surface area contributed by atoms with Crippen molar-refractivity contribution in [1.82, 2.24) is 14.7 Å². The van der Waals surface area contributed by atoms with Crippen LogP contribution in [-0.2, 0) is 6.54 Å². The van der Waals surface area contributed by atoms with Gasteiger partial charge in [-0.2, -0.15) is 5.10 Å². The molecule has 2 heterocycles. The Hall–Kier alpha value is -0.350. The van der Waals surface area contributed by atoms with Crippen molar-refractivity contribution in [2.24, 2.45) is 5.92 Å². The van der Waals surface area contributed by atoms with E-state index in [4.69, 9.17) is 5.10 Å². The number of piperidine rings is 1. The molecule has 2 aliphatic rings. The van der Waals surface area contributed by atoms with Gasteiger partial charge < -0.3 is 0 Å². The van der Waals surface area contributed by atoms with E-state index in [0.717, 1.165) is 17.8 Å². The molecular formula is C16H26BrN3. The predicted molar refractivity (Wildman–Crippen MR) is 86.1 cm³/mol. The van der Waals surface area contributed by atoms with E-state index in [-0.39, 0.29) is 0 Å². The first-order chi connectivity index (χ1) is 9.85. The summed E-state index contributed by atoms with van der Waals surface area (Å²) in [4.78, 5) is 2.57. The fraction of sp³-hybridized carbons (Fsp3) is 0.812. The van der Waals surface area contributed by atoms with Gasteiger partial charge in [0, 0.05) is 24.6 Å². The summed E-state index contributed by atoms with van der Waals surface area (Å²) < 4.78 is 2.24. The third-order valence-corrected chi connectivity index (χ3v) is 5.73. The first kappa shape index (κ1) is 14.6. The zero-order chi connectivity index (χ0) is 13.8. The van der Waals surface area contributed by atoms with Crippen LogP contribution in [0.3, 0.4) is 0 Å². The molecule has 1 aliphatic heterocycles. The molecule has 0 aromatic carbocycles. The SMILES string of the molecule is BrCC1CCCN(Cc2ccn(C3CCCCC3)n2)C1. The normalized spacial score (nSPS) is 25.9. The molecule has 0 N–H and O–H groups in total. The highest BCUT2D eigenvalue weighted by Gasteiger charge is 2.20. The lowest BCUT2D eigenvalue weighted by Crippen LogP contribution is -2.35. The molecule has 1 atom stereocenters. The lowest BCUT2D eigenvalue weighted by atomic mass is 9.96. The molecule has 0 radical (unpaired) electrons. The smallest absolute Gasteiger partial charge is 0.0764 e. The molecule has 3 rings (SSSR count). The second-order valence-corrected chi connectivity index (χ2v) is 7.12. The Morgan fingerprint density at radius 2 is 2.00 bits per heavy atom. The Bertz CT molecular complexity index is 412. The molecule has 112 valence electrons. The van der Waals surface area contributed by atoms with Gasteiger partial charge in [-0.1, -0.05) is 35.2 Å². The highest BCUT2D eigenvalue weighted by molar-refractivity contribution is 9.09. The second-order valence-electron chi connectivity index (χ2n) is 6.48. The highest BCUT2D eigenvalue weighted by atomic mass is 79.9. The Labute approximate surface area is 130 Å². The van der Waals surface area contributed by atoms with Crippen molar-refractivity contribution in [2.75, 3.05) is 18.4 Å². The van der Waals surface area contributed by atoms with E-state index >= 15 is 0 Å². The topological polar surface area (TPSA) is 21.1 Å². The van der Waals surface area contributed by atoms with Crippen molar-refractivity contribution in [3.05, 3.63) is 18.0 Å². The molecular weight excluding hydrogens is 314 g/mol. The number of hydrogen-bond acceptors (Lipinski definition) is 2. The fourth-order valence-corrected chi connectivity index (χ4v) is 4.19. The number of likely N-dealkylation sites (tertiary alicyclic amines) is 1. The van der Waals surface area contributed by atoms with Crippen LogP contribution >= 0.6 is 15.9 Å². The molecule has 1 aromatic rings. The van der Waals surface area contributed by atoms with E-state index in [1.807, 2.05) is 0 Å².